The van der Waals surface area contributed by atoms with Crippen LogP contribution in [0.2, 0.25) is 0 Å². The molecular formula is C13H24N4O2. The number of hydrogen-bond donors (Lipinski definition) is 1. The van der Waals surface area contributed by atoms with E-state index in [1.54, 1.807) is 11.9 Å². The van der Waals surface area contributed by atoms with E-state index in [-0.39, 0.29) is 23.3 Å². The van der Waals surface area contributed by atoms with Crippen LogP contribution in [0.25, 0.3) is 0 Å². The number of likely N-dealkylation sites (N-methyl/N-ethyl adjacent to an activating group) is 1. The summed E-state index contributed by atoms with van der Waals surface area (Å²) in [5, 5.41) is 6.79. The molecule has 6 nitrogen and oxygen atoms in total. The number of nitrogens with one attached hydrogen (secondary N) is 1. The Morgan fingerprint density at radius 3 is 2.53 bits per heavy atom. The molecule has 0 saturated carbocycles. The summed E-state index contributed by atoms with van der Waals surface area (Å²) in [5.74, 6) is 0.721. The number of ether oxygens (including phenoxy) is 1. The normalized spacial score (nSPS) is 11.9. The molecule has 1 heterocycles. The van der Waals surface area contributed by atoms with Crippen molar-refractivity contribution in [3.63, 3.8) is 0 Å². The number of carbonyl (C=O) groups is 1. The Morgan fingerprint density at radius 1 is 1.42 bits per heavy atom. The van der Waals surface area contributed by atoms with E-state index in [9.17, 15) is 4.79 Å². The minimum atomic E-state index is -0.195. The molecule has 0 fully saturated rings. The van der Waals surface area contributed by atoms with E-state index < -0.39 is 0 Å². The zero-order valence-corrected chi connectivity index (χ0v) is 12.6. The fourth-order valence-electron chi connectivity index (χ4n) is 1.39. The fourth-order valence-corrected chi connectivity index (χ4v) is 1.39. The lowest BCUT2D eigenvalue weighted by molar-refractivity contribution is 0.0526. The first-order valence-corrected chi connectivity index (χ1v) is 6.51. The predicted octanol–water partition coefficient (Wildman–Crippen LogP) is 1.60. The molecule has 0 aromatic carbocycles. The number of nitrogens with zero attached hydrogens (tertiary/aromatic N) is 3. The van der Waals surface area contributed by atoms with Crippen LogP contribution in [-0.2, 0) is 10.2 Å². The Labute approximate surface area is 114 Å². The van der Waals surface area contributed by atoms with Gasteiger partial charge in [0.1, 0.15) is 5.82 Å². The summed E-state index contributed by atoms with van der Waals surface area (Å²) in [5.41, 5.74) is -0.148. The number of carbonyl (C=O) groups excluding carboxylic acids is 1. The highest BCUT2D eigenvalue weighted by Crippen LogP contribution is 2.17. The molecule has 1 aromatic heterocycles. The minimum Gasteiger partial charge on any atom is -0.377 e. The molecule has 0 bridgehead atoms. The summed E-state index contributed by atoms with van der Waals surface area (Å²) in [6.07, 6.45) is 0.166. The summed E-state index contributed by atoms with van der Waals surface area (Å²) >= 11 is 0. The second kappa shape index (κ2) is 6.14. The van der Waals surface area contributed by atoms with Crippen molar-refractivity contribution < 1.29 is 9.53 Å². The lowest BCUT2D eigenvalue weighted by atomic mass is 9.96. The summed E-state index contributed by atoms with van der Waals surface area (Å²) in [6, 6.07) is 0. The van der Waals surface area contributed by atoms with Crippen molar-refractivity contribution >= 4 is 5.91 Å². The maximum Gasteiger partial charge on any atom is 0.293 e. The second-order valence-corrected chi connectivity index (χ2v) is 5.90. The fraction of sp³-hybridized carbons (Fsp3) is 0.769. The van der Waals surface area contributed by atoms with E-state index in [0.29, 0.717) is 19.0 Å². The van der Waals surface area contributed by atoms with Crippen molar-refractivity contribution in [1.29, 1.82) is 0 Å². The van der Waals surface area contributed by atoms with Crippen LogP contribution in [0.5, 0.6) is 0 Å². The van der Waals surface area contributed by atoms with Crippen LogP contribution in [0.1, 0.15) is 51.1 Å². The van der Waals surface area contributed by atoms with E-state index in [1.165, 1.54) is 0 Å². The lowest BCUT2D eigenvalue weighted by Gasteiger charge is -2.16. The SMILES string of the molecule is CC(C)OCCN(C)C(=O)c1n[nH]c(C(C)(C)C)n1. The van der Waals surface area contributed by atoms with Crippen LogP contribution < -0.4 is 0 Å². The van der Waals surface area contributed by atoms with E-state index in [0.717, 1.165) is 0 Å². The Hall–Kier alpha value is -1.43. The topological polar surface area (TPSA) is 71.1 Å². The summed E-state index contributed by atoms with van der Waals surface area (Å²) in [6.45, 7) is 11.0. The van der Waals surface area contributed by atoms with Gasteiger partial charge >= 0.3 is 0 Å². The number of rotatable bonds is 5. The third kappa shape index (κ3) is 4.63. The first kappa shape index (κ1) is 15.6. The molecule has 0 spiro atoms. The van der Waals surface area contributed by atoms with Gasteiger partial charge in [-0.2, -0.15) is 0 Å². The molecule has 0 unspecified atom stereocenters. The monoisotopic (exact) mass is 268 g/mol. The minimum absolute atomic E-state index is 0.148. The van der Waals surface area contributed by atoms with Crippen molar-refractivity contribution in [3.8, 4) is 0 Å². The van der Waals surface area contributed by atoms with Crippen molar-refractivity contribution in [2.45, 2.75) is 46.1 Å². The molecule has 0 aliphatic heterocycles. The van der Waals surface area contributed by atoms with Gasteiger partial charge in [0, 0.05) is 19.0 Å². The number of amides is 1. The zero-order chi connectivity index (χ0) is 14.6. The van der Waals surface area contributed by atoms with E-state index in [4.69, 9.17) is 4.74 Å². The molecule has 0 radical (unpaired) electrons. The van der Waals surface area contributed by atoms with Crippen molar-refractivity contribution in [2.24, 2.45) is 0 Å². The highest BCUT2D eigenvalue weighted by atomic mass is 16.5. The third-order valence-corrected chi connectivity index (χ3v) is 2.61. The Morgan fingerprint density at radius 2 is 2.05 bits per heavy atom. The largest absolute Gasteiger partial charge is 0.377 e. The van der Waals surface area contributed by atoms with Crippen molar-refractivity contribution in [1.82, 2.24) is 20.1 Å². The van der Waals surface area contributed by atoms with Gasteiger partial charge < -0.3 is 9.64 Å². The molecular weight excluding hydrogens is 244 g/mol. The average Bonchev–Trinajstić information content (AvgIpc) is 2.76. The van der Waals surface area contributed by atoms with Crippen LogP contribution in [0.3, 0.4) is 0 Å². The zero-order valence-electron chi connectivity index (χ0n) is 12.6. The number of hydrogen-bond acceptors (Lipinski definition) is 4. The molecule has 0 aliphatic rings. The number of H-pyrrole nitrogens is 1. The average molecular weight is 268 g/mol. The van der Waals surface area contributed by atoms with E-state index >= 15 is 0 Å². The second-order valence-electron chi connectivity index (χ2n) is 5.90. The summed E-state index contributed by atoms with van der Waals surface area (Å²) in [7, 11) is 1.72. The number of aromatic amines is 1. The van der Waals surface area contributed by atoms with Crippen LogP contribution in [0.4, 0.5) is 0 Å². The summed E-state index contributed by atoms with van der Waals surface area (Å²) < 4.78 is 5.42. The Kier molecular flexibility index (Phi) is 5.05. The predicted molar refractivity (Wildman–Crippen MR) is 73.1 cm³/mol. The molecule has 1 rings (SSSR count). The van der Waals surface area contributed by atoms with Crippen molar-refractivity contribution in [3.05, 3.63) is 11.6 Å². The van der Waals surface area contributed by atoms with Crippen LogP contribution in [0, 0.1) is 0 Å². The van der Waals surface area contributed by atoms with Gasteiger partial charge in [-0.15, -0.1) is 5.10 Å². The Balaban J connectivity index is 2.60. The van der Waals surface area contributed by atoms with Crippen molar-refractivity contribution in [2.75, 3.05) is 20.2 Å². The molecule has 0 aliphatic carbocycles. The highest BCUT2D eigenvalue weighted by Gasteiger charge is 2.22. The maximum atomic E-state index is 12.1. The third-order valence-electron chi connectivity index (χ3n) is 2.61. The van der Waals surface area contributed by atoms with Gasteiger partial charge in [0.05, 0.1) is 12.7 Å². The van der Waals surface area contributed by atoms with Gasteiger partial charge in [0.15, 0.2) is 0 Å². The molecule has 0 atom stereocenters. The molecule has 19 heavy (non-hydrogen) atoms. The van der Waals surface area contributed by atoms with Gasteiger partial charge in [-0.3, -0.25) is 9.89 Å². The first-order chi connectivity index (χ1) is 8.71. The molecule has 1 amide bonds. The van der Waals surface area contributed by atoms with Gasteiger partial charge in [-0.05, 0) is 13.8 Å². The smallest absolute Gasteiger partial charge is 0.293 e. The molecule has 1 N–H and O–H groups in total. The van der Waals surface area contributed by atoms with Crippen LogP contribution >= 0.6 is 0 Å². The Bertz CT molecular complexity index is 421. The number of aromatic nitrogens is 3. The molecule has 6 heteroatoms. The van der Waals surface area contributed by atoms with Crippen LogP contribution in [0.15, 0.2) is 0 Å². The molecule has 0 saturated heterocycles. The van der Waals surface area contributed by atoms with Gasteiger partial charge in [-0.1, -0.05) is 20.8 Å². The highest BCUT2D eigenvalue weighted by molar-refractivity contribution is 5.90. The van der Waals surface area contributed by atoms with Gasteiger partial charge in [-0.25, -0.2) is 4.98 Å². The maximum absolute atomic E-state index is 12.1. The van der Waals surface area contributed by atoms with E-state index in [2.05, 4.69) is 15.2 Å². The lowest BCUT2D eigenvalue weighted by Crippen LogP contribution is -2.31. The molecule has 108 valence electrons. The van der Waals surface area contributed by atoms with E-state index in [1.807, 2.05) is 34.6 Å². The standard InChI is InChI=1S/C13H24N4O2/c1-9(2)19-8-7-17(6)11(18)10-14-12(16-15-10)13(3,4)5/h9H,7-8H2,1-6H3,(H,14,15,16). The van der Waals surface area contributed by atoms with Crippen LogP contribution in [-0.4, -0.2) is 52.3 Å². The molecule has 1 aromatic rings. The van der Waals surface area contributed by atoms with Gasteiger partial charge in [0.2, 0.25) is 5.82 Å². The first-order valence-electron chi connectivity index (χ1n) is 6.51. The summed E-state index contributed by atoms with van der Waals surface area (Å²) in [4.78, 5) is 17.9. The van der Waals surface area contributed by atoms with Gasteiger partial charge in [0.25, 0.3) is 5.91 Å². The quantitative estimate of drug-likeness (QED) is 0.880.